The molecule has 0 fully saturated rings. The summed E-state index contributed by atoms with van der Waals surface area (Å²) in [6.45, 7) is 6.12. The quantitative estimate of drug-likeness (QED) is 0.728. The van der Waals surface area contributed by atoms with Crippen LogP contribution in [0, 0.1) is 19.7 Å². The Kier molecular flexibility index (Phi) is 5.63. The lowest BCUT2D eigenvalue weighted by Crippen LogP contribution is -2.19. The number of unbranched alkanes of at least 4 members (excludes halogenated alkanes) is 2. The molecule has 1 atom stereocenters. The van der Waals surface area contributed by atoms with E-state index in [-0.39, 0.29) is 11.9 Å². The van der Waals surface area contributed by atoms with Crippen LogP contribution >= 0.6 is 0 Å². The van der Waals surface area contributed by atoms with E-state index in [0.29, 0.717) is 0 Å². The van der Waals surface area contributed by atoms with Gasteiger partial charge in [-0.1, -0.05) is 32.3 Å². The van der Waals surface area contributed by atoms with Crippen molar-refractivity contribution in [2.45, 2.75) is 52.5 Å². The first-order chi connectivity index (χ1) is 8.10. The molecule has 0 radical (unpaired) electrons. The molecule has 0 bridgehead atoms. The summed E-state index contributed by atoms with van der Waals surface area (Å²) in [5, 5.41) is 3.24. The SMILES string of the molecule is CCCCCC(NC)c1c(C)cc(C)cc1F. The fourth-order valence-corrected chi connectivity index (χ4v) is 2.40. The molecule has 1 N–H and O–H groups in total. The predicted molar refractivity (Wildman–Crippen MR) is 71.8 cm³/mol. The lowest BCUT2D eigenvalue weighted by molar-refractivity contribution is 0.482. The molecule has 0 aromatic heterocycles. The number of hydrogen-bond acceptors (Lipinski definition) is 1. The highest BCUT2D eigenvalue weighted by Gasteiger charge is 2.16. The second-order valence-electron chi connectivity index (χ2n) is 4.81. The lowest BCUT2D eigenvalue weighted by Gasteiger charge is -2.20. The molecular weight excluding hydrogens is 213 g/mol. The topological polar surface area (TPSA) is 12.0 Å². The van der Waals surface area contributed by atoms with Crippen molar-refractivity contribution in [3.05, 3.63) is 34.6 Å². The minimum atomic E-state index is -0.0710. The summed E-state index contributed by atoms with van der Waals surface area (Å²) in [7, 11) is 1.91. The number of hydrogen-bond donors (Lipinski definition) is 1. The molecule has 1 rings (SSSR count). The number of benzene rings is 1. The minimum Gasteiger partial charge on any atom is -0.313 e. The van der Waals surface area contributed by atoms with Gasteiger partial charge in [0.05, 0.1) is 0 Å². The molecule has 1 unspecified atom stereocenters. The highest BCUT2D eigenvalue weighted by molar-refractivity contribution is 5.34. The molecule has 1 aromatic rings. The van der Waals surface area contributed by atoms with Gasteiger partial charge in [0.2, 0.25) is 0 Å². The van der Waals surface area contributed by atoms with Crippen LogP contribution in [0.1, 0.15) is 55.3 Å². The van der Waals surface area contributed by atoms with Gasteiger partial charge in [0.25, 0.3) is 0 Å². The van der Waals surface area contributed by atoms with Gasteiger partial charge < -0.3 is 5.32 Å². The summed E-state index contributed by atoms with van der Waals surface area (Å²) in [5.41, 5.74) is 2.89. The van der Waals surface area contributed by atoms with E-state index in [1.165, 1.54) is 12.8 Å². The number of nitrogens with one attached hydrogen (secondary N) is 1. The highest BCUT2D eigenvalue weighted by Crippen LogP contribution is 2.26. The zero-order valence-electron chi connectivity index (χ0n) is 11.4. The van der Waals surface area contributed by atoms with E-state index in [1.807, 2.05) is 20.9 Å². The Morgan fingerprint density at radius 3 is 2.47 bits per heavy atom. The third-order valence-corrected chi connectivity index (χ3v) is 3.27. The molecule has 1 aromatic carbocycles. The van der Waals surface area contributed by atoms with Gasteiger partial charge in [0.1, 0.15) is 5.82 Å². The van der Waals surface area contributed by atoms with E-state index < -0.39 is 0 Å². The maximum Gasteiger partial charge on any atom is 0.128 e. The molecule has 0 spiro atoms. The van der Waals surface area contributed by atoms with Crippen molar-refractivity contribution >= 4 is 0 Å². The number of aryl methyl sites for hydroxylation is 2. The van der Waals surface area contributed by atoms with Crippen molar-refractivity contribution in [1.29, 1.82) is 0 Å². The average molecular weight is 237 g/mol. The van der Waals surface area contributed by atoms with Gasteiger partial charge in [-0.05, 0) is 44.5 Å². The number of halogens is 1. The van der Waals surface area contributed by atoms with Crippen LogP contribution in [0.25, 0.3) is 0 Å². The average Bonchev–Trinajstić information content (AvgIpc) is 2.25. The van der Waals surface area contributed by atoms with Crippen molar-refractivity contribution in [2.24, 2.45) is 0 Å². The van der Waals surface area contributed by atoms with E-state index in [0.717, 1.165) is 29.5 Å². The predicted octanol–water partition coefficient (Wildman–Crippen LogP) is 4.28. The van der Waals surface area contributed by atoms with Crippen molar-refractivity contribution in [2.75, 3.05) is 7.05 Å². The number of rotatable bonds is 6. The molecule has 2 heteroatoms. The molecule has 0 saturated carbocycles. The summed E-state index contributed by atoms with van der Waals surface area (Å²) in [6.07, 6.45) is 4.57. The third kappa shape index (κ3) is 3.81. The smallest absolute Gasteiger partial charge is 0.128 e. The van der Waals surface area contributed by atoms with Crippen molar-refractivity contribution < 1.29 is 4.39 Å². The normalized spacial score (nSPS) is 12.8. The molecule has 96 valence electrons. The van der Waals surface area contributed by atoms with Crippen LogP contribution in [0.2, 0.25) is 0 Å². The molecule has 0 amide bonds. The zero-order valence-corrected chi connectivity index (χ0v) is 11.4. The second-order valence-corrected chi connectivity index (χ2v) is 4.81. The van der Waals surface area contributed by atoms with Gasteiger partial charge >= 0.3 is 0 Å². The van der Waals surface area contributed by atoms with Gasteiger partial charge in [-0.15, -0.1) is 0 Å². The van der Waals surface area contributed by atoms with Crippen LogP contribution < -0.4 is 5.32 Å². The summed E-state index contributed by atoms with van der Waals surface area (Å²) < 4.78 is 14.0. The van der Waals surface area contributed by atoms with Gasteiger partial charge in [-0.3, -0.25) is 0 Å². The van der Waals surface area contributed by atoms with E-state index in [2.05, 4.69) is 18.3 Å². The van der Waals surface area contributed by atoms with Crippen molar-refractivity contribution in [3.8, 4) is 0 Å². The van der Waals surface area contributed by atoms with Crippen LogP contribution in [0.4, 0.5) is 4.39 Å². The van der Waals surface area contributed by atoms with Crippen LogP contribution in [-0.4, -0.2) is 7.05 Å². The van der Waals surface area contributed by atoms with Gasteiger partial charge in [0, 0.05) is 11.6 Å². The van der Waals surface area contributed by atoms with Crippen molar-refractivity contribution in [1.82, 2.24) is 5.32 Å². The Hall–Kier alpha value is -0.890. The van der Waals surface area contributed by atoms with Crippen molar-refractivity contribution in [3.63, 3.8) is 0 Å². The lowest BCUT2D eigenvalue weighted by atomic mass is 9.94. The fraction of sp³-hybridized carbons (Fsp3) is 0.600. The maximum absolute atomic E-state index is 14.0. The van der Waals surface area contributed by atoms with E-state index in [9.17, 15) is 4.39 Å². The van der Waals surface area contributed by atoms with Crippen LogP contribution in [0.3, 0.4) is 0 Å². The first kappa shape index (κ1) is 14.2. The van der Waals surface area contributed by atoms with Gasteiger partial charge in [0.15, 0.2) is 0 Å². The summed E-state index contributed by atoms with van der Waals surface area (Å²) in [6, 6.07) is 3.83. The first-order valence-electron chi connectivity index (χ1n) is 6.54. The largest absolute Gasteiger partial charge is 0.313 e. The first-order valence-corrected chi connectivity index (χ1v) is 6.54. The van der Waals surface area contributed by atoms with E-state index >= 15 is 0 Å². The van der Waals surface area contributed by atoms with E-state index in [4.69, 9.17) is 0 Å². The van der Waals surface area contributed by atoms with E-state index in [1.54, 1.807) is 6.07 Å². The zero-order chi connectivity index (χ0) is 12.8. The molecular formula is C15H24FN. The standard InChI is InChI=1S/C15H24FN/c1-5-6-7-8-14(17-4)15-12(3)9-11(2)10-13(15)16/h9-10,14,17H,5-8H2,1-4H3. The Bertz CT molecular complexity index is 337. The van der Waals surface area contributed by atoms with Crippen LogP contribution in [0.15, 0.2) is 12.1 Å². The fourth-order valence-electron chi connectivity index (χ4n) is 2.40. The summed E-state index contributed by atoms with van der Waals surface area (Å²) in [5.74, 6) is -0.0710. The summed E-state index contributed by atoms with van der Waals surface area (Å²) >= 11 is 0. The molecule has 0 aliphatic heterocycles. The van der Waals surface area contributed by atoms with Gasteiger partial charge in [-0.2, -0.15) is 0 Å². The Labute approximate surface area is 104 Å². The molecule has 0 heterocycles. The molecule has 1 nitrogen and oxygen atoms in total. The molecule has 0 aliphatic rings. The van der Waals surface area contributed by atoms with Crippen LogP contribution in [0.5, 0.6) is 0 Å². The monoisotopic (exact) mass is 237 g/mol. The molecule has 0 aliphatic carbocycles. The minimum absolute atomic E-state index is 0.0710. The van der Waals surface area contributed by atoms with Gasteiger partial charge in [-0.25, -0.2) is 4.39 Å². The Morgan fingerprint density at radius 2 is 1.94 bits per heavy atom. The molecule has 0 saturated heterocycles. The Balaban J connectivity index is 2.87. The second kappa shape index (κ2) is 6.75. The highest BCUT2D eigenvalue weighted by atomic mass is 19.1. The summed E-state index contributed by atoms with van der Waals surface area (Å²) in [4.78, 5) is 0. The molecule has 17 heavy (non-hydrogen) atoms. The van der Waals surface area contributed by atoms with Crippen LogP contribution in [-0.2, 0) is 0 Å². The Morgan fingerprint density at radius 1 is 1.24 bits per heavy atom. The maximum atomic E-state index is 14.0. The third-order valence-electron chi connectivity index (χ3n) is 3.27.